The number of nitriles is 1. The highest BCUT2D eigenvalue weighted by molar-refractivity contribution is 9.09. The van der Waals surface area contributed by atoms with Gasteiger partial charge in [0.2, 0.25) is 0 Å². The van der Waals surface area contributed by atoms with Gasteiger partial charge in [0, 0.05) is 5.56 Å². The Balaban J connectivity index is 3.30. The number of aryl methyl sites for hydroxylation is 1. The summed E-state index contributed by atoms with van der Waals surface area (Å²) in [4.78, 5) is 11.3. The Hall–Kier alpha value is -1.21. The Kier molecular flexibility index (Phi) is 3.37. The van der Waals surface area contributed by atoms with E-state index in [-0.39, 0.29) is 16.7 Å². The van der Waals surface area contributed by atoms with E-state index >= 15 is 0 Å². The minimum atomic E-state index is -0.651. The van der Waals surface area contributed by atoms with E-state index in [4.69, 9.17) is 5.26 Å². The highest BCUT2D eigenvalue weighted by Gasteiger charge is 2.11. The van der Waals surface area contributed by atoms with Crippen LogP contribution in [0.3, 0.4) is 0 Å². The Morgan fingerprint density at radius 3 is 2.79 bits per heavy atom. The molecular formula is C10H7BrFNO. The van der Waals surface area contributed by atoms with Crippen LogP contribution < -0.4 is 0 Å². The van der Waals surface area contributed by atoms with Crippen LogP contribution in [0.1, 0.15) is 21.5 Å². The van der Waals surface area contributed by atoms with E-state index in [2.05, 4.69) is 15.9 Å². The first-order valence-corrected chi connectivity index (χ1v) is 5.01. The van der Waals surface area contributed by atoms with E-state index < -0.39 is 5.82 Å². The van der Waals surface area contributed by atoms with Crippen molar-refractivity contribution >= 4 is 21.7 Å². The van der Waals surface area contributed by atoms with Crippen LogP contribution in [0.15, 0.2) is 12.1 Å². The lowest BCUT2D eigenvalue weighted by molar-refractivity contribution is 0.102. The molecule has 1 aromatic carbocycles. The monoisotopic (exact) mass is 255 g/mol. The molecule has 0 aliphatic carbocycles. The van der Waals surface area contributed by atoms with E-state index in [0.29, 0.717) is 11.1 Å². The molecule has 14 heavy (non-hydrogen) atoms. The van der Waals surface area contributed by atoms with Gasteiger partial charge < -0.3 is 0 Å². The smallest absolute Gasteiger partial charge is 0.173 e. The van der Waals surface area contributed by atoms with Crippen LogP contribution in [-0.4, -0.2) is 11.1 Å². The summed E-state index contributed by atoms with van der Waals surface area (Å²) in [6.45, 7) is 1.68. The maximum atomic E-state index is 13.1. The fourth-order valence-corrected chi connectivity index (χ4v) is 1.44. The molecule has 0 saturated heterocycles. The van der Waals surface area contributed by atoms with E-state index in [1.807, 2.05) is 0 Å². The van der Waals surface area contributed by atoms with Crippen molar-refractivity contribution in [1.82, 2.24) is 0 Å². The summed E-state index contributed by atoms with van der Waals surface area (Å²) in [6.07, 6.45) is 0. The molecule has 0 saturated carbocycles. The highest BCUT2D eigenvalue weighted by atomic mass is 79.9. The Morgan fingerprint density at radius 2 is 2.29 bits per heavy atom. The molecule has 2 nitrogen and oxygen atoms in total. The summed E-state index contributed by atoms with van der Waals surface area (Å²) in [5.74, 6) is -0.840. The molecule has 0 N–H and O–H groups in total. The molecule has 0 aliphatic rings. The van der Waals surface area contributed by atoms with Crippen molar-refractivity contribution < 1.29 is 9.18 Å². The lowest BCUT2D eigenvalue weighted by Gasteiger charge is -2.03. The predicted octanol–water partition coefficient (Wildman–Crippen LogP) is 2.58. The van der Waals surface area contributed by atoms with Crippen LogP contribution >= 0.6 is 15.9 Å². The predicted molar refractivity (Wildman–Crippen MR) is 54.0 cm³/mol. The van der Waals surface area contributed by atoms with E-state index in [9.17, 15) is 9.18 Å². The third-order valence-electron chi connectivity index (χ3n) is 1.86. The van der Waals surface area contributed by atoms with Gasteiger partial charge in [-0.25, -0.2) is 4.39 Å². The van der Waals surface area contributed by atoms with Gasteiger partial charge in [0.25, 0.3) is 0 Å². The van der Waals surface area contributed by atoms with Crippen LogP contribution in [-0.2, 0) is 0 Å². The second-order valence-corrected chi connectivity index (χ2v) is 3.38. The molecule has 0 spiro atoms. The van der Waals surface area contributed by atoms with Gasteiger partial charge in [0.15, 0.2) is 5.78 Å². The first-order chi connectivity index (χ1) is 6.60. The van der Waals surface area contributed by atoms with Gasteiger partial charge in [-0.15, -0.1) is 0 Å². The average Bonchev–Trinajstić information content (AvgIpc) is 2.19. The molecule has 0 heterocycles. The number of Topliss-reactive ketones (excluding diaryl/α,β-unsaturated/α-hetero) is 1. The molecule has 0 unspecified atom stereocenters. The minimum absolute atomic E-state index is 0.0337. The second-order valence-electron chi connectivity index (χ2n) is 2.82. The lowest BCUT2D eigenvalue weighted by Crippen LogP contribution is -2.04. The first-order valence-electron chi connectivity index (χ1n) is 3.89. The third kappa shape index (κ3) is 1.99. The molecule has 4 heteroatoms. The van der Waals surface area contributed by atoms with Gasteiger partial charge in [-0.05, 0) is 24.6 Å². The van der Waals surface area contributed by atoms with Gasteiger partial charge in [-0.3, -0.25) is 4.79 Å². The second kappa shape index (κ2) is 4.34. The standard InChI is InChI=1S/C10H7BrFNO/c1-6-2-7(5-13)9(12)3-8(6)10(14)4-11/h2-3H,4H2,1H3. The number of hydrogen-bond donors (Lipinski definition) is 0. The fraction of sp³-hybridized carbons (Fsp3) is 0.200. The average molecular weight is 256 g/mol. The van der Waals surface area contributed by atoms with Crippen molar-refractivity contribution in [2.45, 2.75) is 6.92 Å². The topological polar surface area (TPSA) is 40.9 Å². The Morgan fingerprint density at radius 1 is 1.64 bits per heavy atom. The zero-order valence-corrected chi connectivity index (χ0v) is 9.06. The fourth-order valence-electron chi connectivity index (χ4n) is 1.14. The maximum Gasteiger partial charge on any atom is 0.173 e. The summed E-state index contributed by atoms with van der Waals surface area (Å²) in [5, 5.41) is 8.70. The lowest BCUT2D eigenvalue weighted by atomic mass is 10.0. The van der Waals surface area contributed by atoms with E-state index in [1.54, 1.807) is 13.0 Å². The molecule has 0 fully saturated rings. The van der Waals surface area contributed by atoms with Gasteiger partial charge in [0.1, 0.15) is 11.9 Å². The number of alkyl halides is 1. The molecule has 1 aromatic rings. The molecular weight excluding hydrogens is 249 g/mol. The zero-order valence-electron chi connectivity index (χ0n) is 7.47. The van der Waals surface area contributed by atoms with Gasteiger partial charge in [-0.2, -0.15) is 5.26 Å². The number of ketones is 1. The molecule has 0 radical (unpaired) electrons. The number of rotatable bonds is 2. The highest BCUT2D eigenvalue weighted by Crippen LogP contribution is 2.16. The zero-order chi connectivity index (χ0) is 10.7. The first kappa shape index (κ1) is 10.9. The van der Waals surface area contributed by atoms with Crippen molar-refractivity contribution in [3.05, 3.63) is 34.6 Å². The molecule has 0 aromatic heterocycles. The van der Waals surface area contributed by atoms with Crippen molar-refractivity contribution in [3.63, 3.8) is 0 Å². The molecule has 0 bridgehead atoms. The maximum absolute atomic E-state index is 13.1. The summed E-state index contributed by atoms with van der Waals surface area (Å²) < 4.78 is 13.1. The molecule has 1 rings (SSSR count). The molecule has 0 atom stereocenters. The summed E-state index contributed by atoms with van der Waals surface area (Å²) in [7, 11) is 0. The van der Waals surface area contributed by atoms with Crippen molar-refractivity contribution in [1.29, 1.82) is 5.26 Å². The van der Waals surface area contributed by atoms with Crippen LogP contribution in [0.4, 0.5) is 4.39 Å². The van der Waals surface area contributed by atoms with Crippen LogP contribution in [0.5, 0.6) is 0 Å². The number of carbonyl (C=O) groups excluding carboxylic acids is 1. The number of benzene rings is 1. The van der Waals surface area contributed by atoms with Crippen molar-refractivity contribution in [2.75, 3.05) is 5.33 Å². The summed E-state index contributed by atoms with van der Waals surface area (Å²) in [5.41, 5.74) is 0.902. The number of halogens is 2. The molecule has 72 valence electrons. The van der Waals surface area contributed by atoms with Gasteiger partial charge in [0.05, 0.1) is 10.9 Å². The summed E-state index contributed by atoms with van der Waals surface area (Å²) >= 11 is 3.01. The molecule has 0 aliphatic heterocycles. The molecule has 0 amide bonds. The Labute approximate surface area is 89.5 Å². The number of carbonyl (C=O) groups is 1. The van der Waals surface area contributed by atoms with Crippen molar-refractivity contribution in [2.24, 2.45) is 0 Å². The van der Waals surface area contributed by atoms with Crippen LogP contribution in [0.25, 0.3) is 0 Å². The summed E-state index contributed by atoms with van der Waals surface area (Å²) in [6, 6.07) is 4.21. The Bertz CT molecular complexity index is 423. The minimum Gasteiger partial charge on any atom is -0.293 e. The van der Waals surface area contributed by atoms with E-state index in [0.717, 1.165) is 6.07 Å². The van der Waals surface area contributed by atoms with Crippen LogP contribution in [0.2, 0.25) is 0 Å². The quantitative estimate of drug-likeness (QED) is 0.602. The van der Waals surface area contributed by atoms with Gasteiger partial charge in [-0.1, -0.05) is 15.9 Å². The number of hydrogen-bond acceptors (Lipinski definition) is 2. The van der Waals surface area contributed by atoms with Crippen LogP contribution in [0, 0.1) is 24.1 Å². The van der Waals surface area contributed by atoms with Gasteiger partial charge >= 0.3 is 0 Å². The van der Waals surface area contributed by atoms with Crippen molar-refractivity contribution in [3.8, 4) is 6.07 Å². The largest absolute Gasteiger partial charge is 0.293 e. The number of nitrogens with zero attached hydrogens (tertiary/aromatic N) is 1. The normalized spacial score (nSPS) is 9.57. The third-order valence-corrected chi connectivity index (χ3v) is 2.37. The SMILES string of the molecule is Cc1cc(C#N)c(F)cc1C(=O)CBr. The van der Waals surface area contributed by atoms with E-state index in [1.165, 1.54) is 6.07 Å².